The quantitative estimate of drug-likeness (QED) is 0.811. The van der Waals surface area contributed by atoms with Gasteiger partial charge in [-0.1, -0.05) is 12.1 Å². The average Bonchev–Trinajstić information content (AvgIpc) is 2.60. The van der Waals surface area contributed by atoms with Crippen LogP contribution in [0.5, 0.6) is 11.5 Å². The van der Waals surface area contributed by atoms with Gasteiger partial charge in [0.25, 0.3) is 11.8 Å². The van der Waals surface area contributed by atoms with Gasteiger partial charge in [0.05, 0.1) is 7.11 Å². The predicted molar refractivity (Wildman–Crippen MR) is 96.2 cm³/mol. The highest BCUT2D eigenvalue weighted by atomic mass is 16.5. The van der Waals surface area contributed by atoms with Crippen LogP contribution < -0.4 is 20.1 Å². The molecule has 2 aromatic rings. The van der Waals surface area contributed by atoms with Crippen LogP contribution in [-0.4, -0.2) is 31.6 Å². The van der Waals surface area contributed by atoms with Crippen molar-refractivity contribution in [1.82, 2.24) is 5.32 Å². The molecule has 6 heteroatoms. The number of nitrogens with one attached hydrogen (secondary N) is 2. The van der Waals surface area contributed by atoms with Gasteiger partial charge >= 0.3 is 0 Å². The normalized spacial score (nSPS) is 10.2. The van der Waals surface area contributed by atoms with E-state index in [1.807, 2.05) is 19.9 Å². The maximum atomic E-state index is 12.0. The number of para-hydroxylation sites is 2. The average molecular weight is 342 g/mol. The monoisotopic (exact) mass is 342 g/mol. The van der Waals surface area contributed by atoms with Gasteiger partial charge in [0.1, 0.15) is 0 Å². The minimum atomic E-state index is -0.301. The Labute approximate surface area is 147 Å². The zero-order chi connectivity index (χ0) is 18.2. The fourth-order valence-corrected chi connectivity index (χ4v) is 2.13. The molecular weight excluding hydrogens is 320 g/mol. The van der Waals surface area contributed by atoms with Gasteiger partial charge in [0, 0.05) is 17.3 Å². The molecule has 2 amide bonds. The van der Waals surface area contributed by atoms with E-state index in [1.54, 1.807) is 49.6 Å². The summed E-state index contributed by atoms with van der Waals surface area (Å²) in [6.07, 6.45) is 0. The van der Waals surface area contributed by atoms with Crippen molar-refractivity contribution in [3.05, 3.63) is 54.1 Å². The molecule has 0 heterocycles. The predicted octanol–water partition coefficient (Wildman–Crippen LogP) is 2.85. The number of hydrogen-bond acceptors (Lipinski definition) is 4. The van der Waals surface area contributed by atoms with Crippen LogP contribution in [0.15, 0.2) is 48.5 Å². The molecule has 132 valence electrons. The van der Waals surface area contributed by atoms with E-state index >= 15 is 0 Å². The number of anilines is 1. The van der Waals surface area contributed by atoms with Crippen LogP contribution in [0.25, 0.3) is 0 Å². The summed E-state index contributed by atoms with van der Waals surface area (Å²) in [5.74, 6) is 0.620. The zero-order valence-electron chi connectivity index (χ0n) is 14.5. The molecule has 2 rings (SSSR count). The van der Waals surface area contributed by atoms with Crippen LogP contribution in [0, 0.1) is 0 Å². The molecule has 0 radical (unpaired) electrons. The summed E-state index contributed by atoms with van der Waals surface area (Å²) in [6, 6.07) is 13.9. The van der Waals surface area contributed by atoms with Crippen LogP contribution in [-0.2, 0) is 4.79 Å². The molecular formula is C19H22N2O4. The number of rotatable bonds is 7. The van der Waals surface area contributed by atoms with Crippen molar-refractivity contribution >= 4 is 17.5 Å². The molecule has 2 aromatic carbocycles. The molecule has 0 spiro atoms. The summed E-state index contributed by atoms with van der Waals surface area (Å²) in [5, 5.41) is 5.53. The van der Waals surface area contributed by atoms with Gasteiger partial charge < -0.3 is 20.1 Å². The Bertz CT molecular complexity index is 726. The second-order valence-corrected chi connectivity index (χ2v) is 5.69. The molecule has 0 saturated carbocycles. The summed E-state index contributed by atoms with van der Waals surface area (Å²) < 4.78 is 10.6. The molecule has 0 atom stereocenters. The molecule has 6 nitrogen and oxygen atoms in total. The van der Waals surface area contributed by atoms with Crippen LogP contribution in [0.2, 0.25) is 0 Å². The smallest absolute Gasteiger partial charge is 0.262 e. The first-order valence-electron chi connectivity index (χ1n) is 7.96. The van der Waals surface area contributed by atoms with Gasteiger partial charge in [-0.2, -0.15) is 0 Å². The fourth-order valence-electron chi connectivity index (χ4n) is 2.13. The van der Waals surface area contributed by atoms with Crippen molar-refractivity contribution in [1.29, 1.82) is 0 Å². The largest absolute Gasteiger partial charge is 0.493 e. The first-order chi connectivity index (χ1) is 12.0. The molecule has 0 aliphatic carbocycles. The SMILES string of the molecule is COc1ccccc1OCC(=O)Nc1ccc(C(=O)NC(C)C)cc1. The van der Waals surface area contributed by atoms with E-state index < -0.39 is 0 Å². The molecule has 0 bridgehead atoms. The molecule has 2 N–H and O–H groups in total. The fraction of sp³-hybridized carbons (Fsp3) is 0.263. The summed E-state index contributed by atoms with van der Waals surface area (Å²) >= 11 is 0. The van der Waals surface area contributed by atoms with Gasteiger partial charge in [0.15, 0.2) is 18.1 Å². The van der Waals surface area contributed by atoms with Crippen LogP contribution in [0.4, 0.5) is 5.69 Å². The zero-order valence-corrected chi connectivity index (χ0v) is 14.5. The molecule has 0 unspecified atom stereocenters. The molecule has 0 saturated heterocycles. The van der Waals surface area contributed by atoms with Crippen molar-refractivity contribution in [2.24, 2.45) is 0 Å². The lowest BCUT2D eigenvalue weighted by Gasteiger charge is -2.11. The standard InChI is InChI=1S/C19H22N2O4/c1-13(2)20-19(23)14-8-10-15(11-9-14)21-18(22)12-25-17-7-5-4-6-16(17)24-3/h4-11,13H,12H2,1-3H3,(H,20,23)(H,21,22). The van der Waals surface area contributed by atoms with E-state index in [0.717, 1.165) is 0 Å². The van der Waals surface area contributed by atoms with Gasteiger partial charge in [-0.15, -0.1) is 0 Å². The number of carbonyl (C=O) groups excluding carboxylic acids is 2. The summed E-state index contributed by atoms with van der Waals surface area (Å²) in [7, 11) is 1.54. The highest BCUT2D eigenvalue weighted by molar-refractivity contribution is 5.96. The Morgan fingerprint density at radius 1 is 1.00 bits per heavy atom. The Balaban J connectivity index is 1.89. The lowest BCUT2D eigenvalue weighted by Crippen LogP contribution is -2.30. The summed E-state index contributed by atoms with van der Waals surface area (Å²) in [6.45, 7) is 3.65. The maximum absolute atomic E-state index is 12.0. The second-order valence-electron chi connectivity index (χ2n) is 5.69. The number of benzene rings is 2. The molecule has 0 aromatic heterocycles. The lowest BCUT2D eigenvalue weighted by atomic mass is 10.2. The minimum Gasteiger partial charge on any atom is -0.493 e. The van der Waals surface area contributed by atoms with Crippen molar-refractivity contribution < 1.29 is 19.1 Å². The first kappa shape index (κ1) is 18.3. The van der Waals surface area contributed by atoms with Crippen molar-refractivity contribution in [2.45, 2.75) is 19.9 Å². The van der Waals surface area contributed by atoms with E-state index in [-0.39, 0.29) is 24.5 Å². The third kappa shape index (κ3) is 5.53. The van der Waals surface area contributed by atoms with Gasteiger partial charge in [0.2, 0.25) is 0 Å². The Morgan fingerprint density at radius 3 is 2.24 bits per heavy atom. The van der Waals surface area contributed by atoms with E-state index in [1.165, 1.54) is 0 Å². The number of carbonyl (C=O) groups is 2. The molecule has 0 fully saturated rings. The van der Waals surface area contributed by atoms with Gasteiger partial charge in [-0.3, -0.25) is 9.59 Å². The van der Waals surface area contributed by atoms with Crippen LogP contribution >= 0.6 is 0 Å². The molecule has 0 aliphatic rings. The van der Waals surface area contributed by atoms with Gasteiger partial charge in [-0.05, 0) is 50.2 Å². The highest BCUT2D eigenvalue weighted by Crippen LogP contribution is 2.25. The number of methoxy groups -OCH3 is 1. The molecule has 0 aliphatic heterocycles. The lowest BCUT2D eigenvalue weighted by molar-refractivity contribution is -0.118. The van der Waals surface area contributed by atoms with Crippen molar-refractivity contribution in [3.8, 4) is 11.5 Å². The number of hydrogen-bond donors (Lipinski definition) is 2. The third-order valence-electron chi connectivity index (χ3n) is 3.28. The minimum absolute atomic E-state index is 0.0685. The number of amides is 2. The Morgan fingerprint density at radius 2 is 1.64 bits per heavy atom. The number of ether oxygens (including phenoxy) is 2. The summed E-state index contributed by atoms with van der Waals surface area (Å²) in [5.41, 5.74) is 1.13. The van der Waals surface area contributed by atoms with Crippen LogP contribution in [0.1, 0.15) is 24.2 Å². The van der Waals surface area contributed by atoms with E-state index in [0.29, 0.717) is 22.7 Å². The molecule has 25 heavy (non-hydrogen) atoms. The first-order valence-corrected chi connectivity index (χ1v) is 7.96. The Hall–Kier alpha value is -3.02. The van der Waals surface area contributed by atoms with E-state index in [4.69, 9.17) is 9.47 Å². The van der Waals surface area contributed by atoms with Gasteiger partial charge in [-0.25, -0.2) is 0 Å². The topological polar surface area (TPSA) is 76.7 Å². The summed E-state index contributed by atoms with van der Waals surface area (Å²) in [4.78, 5) is 23.9. The Kier molecular flexibility index (Phi) is 6.39. The third-order valence-corrected chi connectivity index (χ3v) is 3.28. The van der Waals surface area contributed by atoms with Crippen LogP contribution in [0.3, 0.4) is 0 Å². The second kappa shape index (κ2) is 8.73. The maximum Gasteiger partial charge on any atom is 0.262 e. The highest BCUT2D eigenvalue weighted by Gasteiger charge is 2.09. The van der Waals surface area contributed by atoms with E-state index in [9.17, 15) is 9.59 Å². The van der Waals surface area contributed by atoms with Crippen molar-refractivity contribution in [2.75, 3.05) is 19.0 Å². The van der Waals surface area contributed by atoms with Crippen molar-refractivity contribution in [3.63, 3.8) is 0 Å². The van der Waals surface area contributed by atoms with E-state index in [2.05, 4.69) is 10.6 Å².